The molecule has 0 aromatic heterocycles. The lowest BCUT2D eigenvalue weighted by Crippen LogP contribution is -2.11. The van der Waals surface area contributed by atoms with Crippen molar-refractivity contribution >= 4 is 58.2 Å². The minimum absolute atomic E-state index is 0.0870. The van der Waals surface area contributed by atoms with Crippen LogP contribution in [0.5, 0.6) is 0 Å². The lowest BCUT2D eigenvalue weighted by Gasteiger charge is -2.09. The number of halogens is 3. The molecule has 0 unspecified atom stereocenters. The highest BCUT2D eigenvalue weighted by Gasteiger charge is 2.12. The van der Waals surface area contributed by atoms with E-state index in [0.717, 1.165) is 16.1 Å². The number of thioether (sulfide) groups is 1. The molecule has 0 aliphatic carbocycles. The average molecular weight is 387 g/mol. The van der Waals surface area contributed by atoms with Crippen molar-refractivity contribution in [2.75, 3.05) is 5.32 Å². The summed E-state index contributed by atoms with van der Waals surface area (Å²) >= 11 is 19.0. The second-order valence-electron chi connectivity index (χ2n) is 4.83. The zero-order valence-corrected chi connectivity index (χ0v) is 15.4. The minimum atomic E-state index is -0.177. The lowest BCUT2D eigenvalue weighted by molar-refractivity contribution is -0.115. The smallest absolute Gasteiger partial charge is 0.229 e. The summed E-state index contributed by atoms with van der Waals surface area (Å²) in [5.74, 6) is -0.177. The van der Waals surface area contributed by atoms with E-state index in [1.165, 1.54) is 11.8 Å². The molecule has 2 nitrogen and oxygen atoms in total. The van der Waals surface area contributed by atoms with E-state index in [1.807, 2.05) is 43.3 Å². The molecule has 2 aromatic carbocycles. The molecule has 0 saturated carbocycles. The Labute approximate surface area is 154 Å². The number of carbonyl (C=O) groups is 1. The maximum absolute atomic E-state index is 12.2. The van der Waals surface area contributed by atoms with Crippen LogP contribution >= 0.6 is 46.6 Å². The Morgan fingerprint density at radius 2 is 1.65 bits per heavy atom. The molecule has 1 N–H and O–H groups in total. The van der Waals surface area contributed by atoms with Gasteiger partial charge in [0, 0.05) is 20.5 Å². The monoisotopic (exact) mass is 385 g/mol. The molecule has 0 fully saturated rings. The first-order chi connectivity index (χ1) is 10.9. The lowest BCUT2D eigenvalue weighted by atomic mass is 10.2. The fraction of sp³-hybridized carbons (Fsp3) is 0.118. The highest BCUT2D eigenvalue weighted by atomic mass is 35.5. The zero-order chi connectivity index (χ0) is 16.8. The van der Waals surface area contributed by atoms with E-state index in [-0.39, 0.29) is 16.8 Å². The van der Waals surface area contributed by atoms with E-state index in [9.17, 15) is 4.79 Å². The van der Waals surface area contributed by atoms with Gasteiger partial charge in [-0.05, 0) is 43.3 Å². The number of hydrogen-bond donors (Lipinski definition) is 1. The van der Waals surface area contributed by atoms with Crippen molar-refractivity contribution in [1.82, 2.24) is 0 Å². The van der Waals surface area contributed by atoms with Crippen LogP contribution in [-0.4, -0.2) is 5.91 Å². The van der Waals surface area contributed by atoms with Crippen LogP contribution in [0.15, 0.2) is 62.8 Å². The van der Waals surface area contributed by atoms with Crippen molar-refractivity contribution in [1.29, 1.82) is 0 Å². The maximum Gasteiger partial charge on any atom is 0.229 e. The molecule has 2 aromatic rings. The van der Waals surface area contributed by atoms with Crippen LogP contribution in [0, 0.1) is 6.92 Å². The molecule has 0 aliphatic rings. The van der Waals surface area contributed by atoms with Crippen LogP contribution in [-0.2, 0) is 4.79 Å². The molecule has 0 radical (unpaired) electrons. The molecule has 0 saturated heterocycles. The van der Waals surface area contributed by atoms with Gasteiger partial charge in [0.25, 0.3) is 0 Å². The second kappa shape index (κ2) is 8.65. The molecule has 0 bridgehead atoms. The van der Waals surface area contributed by atoms with Crippen molar-refractivity contribution in [3.05, 3.63) is 68.5 Å². The van der Waals surface area contributed by atoms with Crippen LogP contribution in [0.1, 0.15) is 12.0 Å². The Kier molecular flexibility index (Phi) is 6.85. The topological polar surface area (TPSA) is 29.1 Å². The number of nitrogens with one attached hydrogen (secondary N) is 1. The number of hydrogen-bond acceptors (Lipinski definition) is 2. The summed E-state index contributed by atoms with van der Waals surface area (Å²) in [7, 11) is 0. The molecule has 23 heavy (non-hydrogen) atoms. The Morgan fingerprint density at radius 1 is 1.04 bits per heavy atom. The third-order valence-corrected chi connectivity index (χ3v) is 4.96. The minimum Gasteiger partial charge on any atom is -0.326 e. The van der Waals surface area contributed by atoms with E-state index < -0.39 is 0 Å². The van der Waals surface area contributed by atoms with E-state index in [1.54, 1.807) is 12.1 Å². The quantitative estimate of drug-likeness (QED) is 0.601. The Bertz CT molecular complexity index is 708. The SMILES string of the molecule is Cc1ccc(NC(=O)CC(Sc2ccc(Cl)cc2)=C(Cl)Cl)cc1. The summed E-state index contributed by atoms with van der Waals surface area (Å²) in [5.41, 5.74) is 1.87. The fourth-order valence-electron chi connectivity index (χ4n) is 1.77. The van der Waals surface area contributed by atoms with Gasteiger partial charge in [0.05, 0.1) is 6.42 Å². The number of benzene rings is 2. The van der Waals surface area contributed by atoms with E-state index in [4.69, 9.17) is 34.8 Å². The molecule has 0 heterocycles. The number of rotatable bonds is 5. The van der Waals surface area contributed by atoms with Gasteiger partial charge in [-0.3, -0.25) is 4.79 Å². The van der Waals surface area contributed by atoms with Crippen molar-refractivity contribution in [2.45, 2.75) is 18.2 Å². The van der Waals surface area contributed by atoms with Gasteiger partial charge >= 0.3 is 0 Å². The van der Waals surface area contributed by atoms with Crippen LogP contribution in [0.25, 0.3) is 0 Å². The van der Waals surface area contributed by atoms with Crippen LogP contribution in [0.4, 0.5) is 5.69 Å². The van der Waals surface area contributed by atoms with Gasteiger partial charge in [-0.15, -0.1) is 0 Å². The highest BCUT2D eigenvalue weighted by molar-refractivity contribution is 8.03. The normalized spacial score (nSPS) is 10.3. The Morgan fingerprint density at radius 3 is 2.22 bits per heavy atom. The van der Waals surface area contributed by atoms with Gasteiger partial charge in [-0.2, -0.15) is 0 Å². The first-order valence-corrected chi connectivity index (χ1v) is 8.73. The summed E-state index contributed by atoms with van der Waals surface area (Å²) in [6, 6.07) is 14.8. The van der Waals surface area contributed by atoms with Crippen molar-refractivity contribution in [3.8, 4) is 0 Å². The first-order valence-electron chi connectivity index (χ1n) is 6.78. The molecule has 6 heteroatoms. The van der Waals surface area contributed by atoms with E-state index in [0.29, 0.717) is 9.93 Å². The third-order valence-electron chi connectivity index (χ3n) is 2.92. The molecular formula is C17H14Cl3NOS. The number of carbonyl (C=O) groups excluding carboxylic acids is 1. The number of aryl methyl sites for hydroxylation is 1. The summed E-state index contributed by atoms with van der Waals surface area (Å²) in [4.78, 5) is 13.7. The number of anilines is 1. The molecule has 120 valence electrons. The van der Waals surface area contributed by atoms with Crippen LogP contribution < -0.4 is 5.32 Å². The molecule has 0 aliphatic heterocycles. The average Bonchev–Trinajstić information content (AvgIpc) is 2.51. The predicted molar refractivity (Wildman–Crippen MR) is 100 cm³/mol. The van der Waals surface area contributed by atoms with E-state index in [2.05, 4.69) is 5.32 Å². The molecule has 1 amide bonds. The Hall–Kier alpha value is -1.13. The van der Waals surface area contributed by atoms with E-state index >= 15 is 0 Å². The summed E-state index contributed by atoms with van der Waals surface area (Å²) in [5, 5.41) is 3.47. The standard InChI is InChI=1S/C17H14Cl3NOS/c1-11-2-6-13(7-3-11)21-16(22)10-15(17(19)20)23-14-8-4-12(18)5-9-14/h2-9H,10H2,1H3,(H,21,22). The molecular weight excluding hydrogens is 373 g/mol. The van der Waals surface area contributed by atoms with Gasteiger partial charge < -0.3 is 5.32 Å². The highest BCUT2D eigenvalue weighted by Crippen LogP contribution is 2.35. The van der Waals surface area contributed by atoms with Crippen molar-refractivity contribution in [3.63, 3.8) is 0 Å². The van der Waals surface area contributed by atoms with Gasteiger partial charge in [0.15, 0.2) is 0 Å². The predicted octanol–water partition coefficient (Wildman–Crippen LogP) is 6.42. The third kappa shape index (κ3) is 6.11. The van der Waals surface area contributed by atoms with Crippen LogP contribution in [0.3, 0.4) is 0 Å². The van der Waals surface area contributed by atoms with Crippen molar-refractivity contribution < 1.29 is 4.79 Å². The number of amides is 1. The zero-order valence-electron chi connectivity index (χ0n) is 12.3. The molecule has 0 spiro atoms. The summed E-state index contributed by atoms with van der Waals surface area (Å²) in [6.07, 6.45) is 0.101. The van der Waals surface area contributed by atoms with Gasteiger partial charge in [-0.1, -0.05) is 64.3 Å². The largest absolute Gasteiger partial charge is 0.326 e. The Balaban J connectivity index is 2.02. The van der Waals surface area contributed by atoms with Crippen molar-refractivity contribution in [2.24, 2.45) is 0 Å². The van der Waals surface area contributed by atoms with Gasteiger partial charge in [0.1, 0.15) is 4.49 Å². The molecule has 0 atom stereocenters. The summed E-state index contributed by atoms with van der Waals surface area (Å²) in [6.45, 7) is 1.99. The first kappa shape index (κ1) is 18.2. The maximum atomic E-state index is 12.2. The summed E-state index contributed by atoms with van der Waals surface area (Å²) < 4.78 is 0.0870. The second-order valence-corrected chi connectivity index (χ2v) is 7.38. The fourth-order valence-corrected chi connectivity index (χ4v) is 3.10. The molecule has 2 rings (SSSR count). The van der Waals surface area contributed by atoms with Gasteiger partial charge in [0.2, 0.25) is 5.91 Å². The van der Waals surface area contributed by atoms with Crippen LogP contribution in [0.2, 0.25) is 5.02 Å². The van der Waals surface area contributed by atoms with Gasteiger partial charge in [-0.25, -0.2) is 0 Å².